The van der Waals surface area contributed by atoms with Crippen LogP contribution in [0.1, 0.15) is 11.1 Å². The molecule has 0 amide bonds. The fourth-order valence-electron chi connectivity index (χ4n) is 3.08. The summed E-state index contributed by atoms with van der Waals surface area (Å²) in [5.74, 6) is 0. The molecule has 92 valence electrons. The molecule has 0 saturated carbocycles. The molecule has 1 heterocycles. The van der Waals surface area contributed by atoms with Crippen LogP contribution >= 0.6 is 0 Å². The van der Waals surface area contributed by atoms with Gasteiger partial charge in [0.25, 0.3) is 0 Å². The predicted octanol–water partition coefficient (Wildman–Crippen LogP) is 5.36. The van der Waals surface area contributed by atoms with Gasteiger partial charge in [-0.05, 0) is 36.2 Å². The summed E-state index contributed by atoms with van der Waals surface area (Å²) in [6, 6.07) is 16.8. The topological polar surface area (TPSA) is 13.1 Å². The molecule has 0 spiro atoms. The van der Waals surface area contributed by atoms with Gasteiger partial charge in [-0.3, -0.25) is 0 Å². The summed E-state index contributed by atoms with van der Waals surface area (Å²) in [6.45, 7) is 4.33. The lowest BCUT2D eigenvalue weighted by Gasteiger charge is -2.07. The summed E-state index contributed by atoms with van der Waals surface area (Å²) in [6.07, 6.45) is 0. The number of fused-ring (bicyclic) bond motifs is 4. The lowest BCUT2D eigenvalue weighted by Crippen LogP contribution is -1.85. The van der Waals surface area contributed by atoms with E-state index in [1.165, 1.54) is 32.7 Å². The van der Waals surface area contributed by atoms with Crippen molar-refractivity contribution in [2.45, 2.75) is 13.8 Å². The third kappa shape index (κ3) is 1.30. The van der Waals surface area contributed by atoms with Gasteiger partial charge in [-0.1, -0.05) is 42.5 Å². The van der Waals surface area contributed by atoms with E-state index < -0.39 is 0 Å². The van der Waals surface area contributed by atoms with Gasteiger partial charge in [0, 0.05) is 16.3 Å². The van der Waals surface area contributed by atoms with Crippen molar-refractivity contribution in [1.82, 2.24) is 0 Å². The van der Waals surface area contributed by atoms with E-state index >= 15 is 0 Å². The van der Waals surface area contributed by atoms with Crippen molar-refractivity contribution < 1.29 is 4.42 Å². The third-order valence-corrected chi connectivity index (χ3v) is 4.05. The minimum atomic E-state index is 0.971. The van der Waals surface area contributed by atoms with Crippen LogP contribution in [0.2, 0.25) is 0 Å². The SMILES string of the molecule is Cc1c2ccccc2c(C)c2c1oc1ccccc12. The van der Waals surface area contributed by atoms with Crippen LogP contribution in [0.5, 0.6) is 0 Å². The van der Waals surface area contributed by atoms with Gasteiger partial charge < -0.3 is 4.42 Å². The van der Waals surface area contributed by atoms with Gasteiger partial charge in [0.15, 0.2) is 0 Å². The molecule has 0 aliphatic heterocycles. The van der Waals surface area contributed by atoms with Crippen molar-refractivity contribution in [3.8, 4) is 0 Å². The molecule has 19 heavy (non-hydrogen) atoms. The Balaban J connectivity index is 2.39. The first-order chi connectivity index (χ1) is 9.27. The molecule has 0 unspecified atom stereocenters. The Hall–Kier alpha value is -2.28. The summed E-state index contributed by atoms with van der Waals surface area (Å²) < 4.78 is 6.07. The van der Waals surface area contributed by atoms with Crippen molar-refractivity contribution in [3.63, 3.8) is 0 Å². The van der Waals surface area contributed by atoms with Gasteiger partial charge in [-0.25, -0.2) is 0 Å². The van der Waals surface area contributed by atoms with E-state index in [4.69, 9.17) is 4.42 Å². The minimum absolute atomic E-state index is 0.971. The first-order valence-corrected chi connectivity index (χ1v) is 6.56. The van der Waals surface area contributed by atoms with E-state index in [-0.39, 0.29) is 0 Å². The summed E-state index contributed by atoms with van der Waals surface area (Å²) in [7, 11) is 0. The molecule has 0 atom stereocenters. The molecule has 4 aromatic rings. The molecule has 0 saturated heterocycles. The number of aryl methyl sites for hydroxylation is 2. The second-order valence-electron chi connectivity index (χ2n) is 5.10. The first-order valence-electron chi connectivity index (χ1n) is 6.56. The predicted molar refractivity (Wildman–Crippen MR) is 80.7 cm³/mol. The monoisotopic (exact) mass is 246 g/mol. The van der Waals surface area contributed by atoms with E-state index in [1.54, 1.807) is 0 Å². The minimum Gasteiger partial charge on any atom is -0.456 e. The smallest absolute Gasteiger partial charge is 0.139 e. The molecule has 1 aromatic heterocycles. The molecule has 1 heteroatoms. The fourth-order valence-corrected chi connectivity index (χ4v) is 3.08. The van der Waals surface area contributed by atoms with Crippen molar-refractivity contribution in [3.05, 3.63) is 59.7 Å². The highest BCUT2D eigenvalue weighted by Gasteiger charge is 2.14. The third-order valence-electron chi connectivity index (χ3n) is 4.05. The molecule has 0 radical (unpaired) electrons. The van der Waals surface area contributed by atoms with E-state index in [0.29, 0.717) is 0 Å². The van der Waals surface area contributed by atoms with Crippen LogP contribution in [0, 0.1) is 13.8 Å². The van der Waals surface area contributed by atoms with Crippen LogP contribution in [0.4, 0.5) is 0 Å². The number of benzene rings is 3. The van der Waals surface area contributed by atoms with Gasteiger partial charge in [-0.2, -0.15) is 0 Å². The summed E-state index contributed by atoms with van der Waals surface area (Å²) in [4.78, 5) is 0. The average Bonchev–Trinajstić information content (AvgIpc) is 2.84. The Bertz CT molecular complexity index is 929. The lowest BCUT2D eigenvalue weighted by molar-refractivity contribution is 0.666. The lowest BCUT2D eigenvalue weighted by atomic mass is 9.96. The maximum Gasteiger partial charge on any atom is 0.139 e. The zero-order chi connectivity index (χ0) is 13.0. The highest BCUT2D eigenvalue weighted by atomic mass is 16.3. The van der Waals surface area contributed by atoms with Crippen LogP contribution in [0.15, 0.2) is 52.9 Å². The van der Waals surface area contributed by atoms with Crippen LogP contribution in [-0.4, -0.2) is 0 Å². The van der Waals surface area contributed by atoms with Gasteiger partial charge in [-0.15, -0.1) is 0 Å². The quantitative estimate of drug-likeness (QED) is 0.407. The maximum atomic E-state index is 6.07. The second-order valence-corrected chi connectivity index (χ2v) is 5.10. The Kier molecular flexibility index (Phi) is 2.02. The Morgan fingerprint density at radius 2 is 1.26 bits per heavy atom. The molecule has 0 bridgehead atoms. The number of hydrogen-bond donors (Lipinski definition) is 0. The summed E-state index contributed by atoms with van der Waals surface area (Å²) in [5.41, 5.74) is 4.53. The Morgan fingerprint density at radius 3 is 2.00 bits per heavy atom. The molecular weight excluding hydrogens is 232 g/mol. The van der Waals surface area contributed by atoms with Gasteiger partial charge in [0.1, 0.15) is 11.2 Å². The first kappa shape index (κ1) is 10.6. The zero-order valence-electron chi connectivity index (χ0n) is 11.0. The largest absolute Gasteiger partial charge is 0.456 e. The standard InChI is InChI=1S/C18H14O/c1-11-13-7-3-4-8-14(13)12(2)18-17(11)15-9-5-6-10-16(15)19-18/h3-10H,1-2H3. The molecule has 3 aromatic carbocycles. The molecule has 0 aliphatic carbocycles. The molecule has 0 fully saturated rings. The van der Waals surface area contributed by atoms with Crippen LogP contribution in [-0.2, 0) is 0 Å². The molecule has 0 aliphatic rings. The van der Waals surface area contributed by atoms with Crippen LogP contribution in [0.25, 0.3) is 32.7 Å². The number of para-hydroxylation sites is 1. The number of rotatable bonds is 0. The highest BCUT2D eigenvalue weighted by Crippen LogP contribution is 2.38. The molecule has 1 nitrogen and oxygen atoms in total. The van der Waals surface area contributed by atoms with E-state index in [2.05, 4.69) is 50.2 Å². The van der Waals surface area contributed by atoms with Crippen molar-refractivity contribution >= 4 is 32.7 Å². The van der Waals surface area contributed by atoms with E-state index in [0.717, 1.165) is 11.2 Å². The summed E-state index contributed by atoms with van der Waals surface area (Å²) in [5, 5.41) is 5.07. The van der Waals surface area contributed by atoms with Crippen LogP contribution in [0.3, 0.4) is 0 Å². The number of hydrogen-bond acceptors (Lipinski definition) is 1. The Labute approximate surface area is 111 Å². The normalized spacial score (nSPS) is 11.7. The van der Waals surface area contributed by atoms with Gasteiger partial charge in [0.05, 0.1) is 0 Å². The molecule has 0 N–H and O–H groups in total. The molecular formula is C18H14O. The van der Waals surface area contributed by atoms with Gasteiger partial charge >= 0.3 is 0 Å². The maximum absolute atomic E-state index is 6.07. The van der Waals surface area contributed by atoms with Crippen LogP contribution < -0.4 is 0 Å². The van der Waals surface area contributed by atoms with Crippen molar-refractivity contribution in [1.29, 1.82) is 0 Å². The second kappa shape index (κ2) is 3.61. The summed E-state index contributed by atoms with van der Waals surface area (Å²) >= 11 is 0. The zero-order valence-corrected chi connectivity index (χ0v) is 11.0. The number of furan rings is 1. The van der Waals surface area contributed by atoms with Crippen molar-refractivity contribution in [2.75, 3.05) is 0 Å². The fraction of sp³-hybridized carbons (Fsp3) is 0.111. The van der Waals surface area contributed by atoms with Gasteiger partial charge in [0.2, 0.25) is 0 Å². The van der Waals surface area contributed by atoms with Crippen molar-refractivity contribution in [2.24, 2.45) is 0 Å². The average molecular weight is 246 g/mol. The van der Waals surface area contributed by atoms with E-state index in [1.807, 2.05) is 12.1 Å². The highest BCUT2D eigenvalue weighted by molar-refractivity contribution is 6.14. The molecule has 4 rings (SSSR count). The van der Waals surface area contributed by atoms with E-state index in [9.17, 15) is 0 Å². The Morgan fingerprint density at radius 1 is 0.684 bits per heavy atom.